The van der Waals surface area contributed by atoms with Crippen LogP contribution < -0.4 is 14.2 Å². The minimum Gasteiger partial charge on any atom is -0.493 e. The number of fused-ring (bicyclic) bond motifs is 1. The topological polar surface area (TPSA) is 99.6 Å². The molecular formula is C24H26FN3O5S. The first-order chi connectivity index (χ1) is 16.4. The lowest BCUT2D eigenvalue weighted by Gasteiger charge is -2.28. The van der Waals surface area contributed by atoms with E-state index in [-0.39, 0.29) is 16.8 Å². The summed E-state index contributed by atoms with van der Waals surface area (Å²) in [6.45, 7) is 3.61. The van der Waals surface area contributed by atoms with Crippen LogP contribution in [0.3, 0.4) is 0 Å². The second-order valence-corrected chi connectivity index (χ2v) is 9.64. The van der Waals surface area contributed by atoms with E-state index in [2.05, 4.69) is 20.8 Å². The van der Waals surface area contributed by atoms with Gasteiger partial charge in [-0.2, -0.15) is 0 Å². The van der Waals surface area contributed by atoms with Crippen LogP contribution in [0.15, 0.2) is 53.7 Å². The molecule has 0 radical (unpaired) electrons. The number of halogens is 1. The number of ether oxygens (including phenoxy) is 3. The highest BCUT2D eigenvalue weighted by Gasteiger charge is 2.28. The van der Waals surface area contributed by atoms with Gasteiger partial charge in [0, 0.05) is 43.2 Å². The summed E-state index contributed by atoms with van der Waals surface area (Å²) in [4.78, 5) is 7.30. The number of sulfonamides is 1. The zero-order valence-electron chi connectivity index (χ0n) is 19.0. The number of anilines is 1. The zero-order valence-corrected chi connectivity index (χ0v) is 19.8. The Hall–Kier alpha value is -3.24. The van der Waals surface area contributed by atoms with E-state index >= 15 is 0 Å². The zero-order chi connectivity index (χ0) is 24.1. The van der Waals surface area contributed by atoms with Crippen molar-refractivity contribution in [2.75, 3.05) is 31.7 Å². The van der Waals surface area contributed by atoms with E-state index in [9.17, 15) is 12.8 Å². The molecule has 2 heterocycles. The first-order valence-electron chi connectivity index (χ1n) is 10.9. The van der Waals surface area contributed by atoms with Crippen LogP contribution in [0.1, 0.15) is 35.4 Å². The number of nitrogens with one attached hydrogen (secondary N) is 1. The molecule has 1 aliphatic rings. The van der Waals surface area contributed by atoms with Gasteiger partial charge in [0.2, 0.25) is 5.95 Å². The average molecular weight is 488 g/mol. The van der Waals surface area contributed by atoms with Crippen molar-refractivity contribution in [3.8, 4) is 11.5 Å². The molecule has 0 spiro atoms. The first kappa shape index (κ1) is 23.9. The van der Waals surface area contributed by atoms with E-state index in [0.29, 0.717) is 25.6 Å². The fourth-order valence-electron chi connectivity index (χ4n) is 3.84. The van der Waals surface area contributed by atoms with Gasteiger partial charge in [-0.3, -0.25) is 0 Å². The number of hydrogen-bond donors (Lipinski definition) is 1. The molecule has 10 heteroatoms. The van der Waals surface area contributed by atoms with Gasteiger partial charge in [-0.25, -0.2) is 27.5 Å². The van der Waals surface area contributed by atoms with Crippen molar-refractivity contribution in [2.45, 2.75) is 30.6 Å². The largest absolute Gasteiger partial charge is 0.493 e. The molecule has 8 nitrogen and oxygen atoms in total. The molecule has 34 heavy (non-hydrogen) atoms. The number of methoxy groups -OCH3 is 1. The molecule has 1 atom stereocenters. The second kappa shape index (κ2) is 10.4. The standard InChI is InChI=1S/C24H26FN3O5S/c1-16-4-6-20(22(12-16)32-10-3-9-31-2)19-8-11-33-23-13-18(5-7-21(19)23)34(29,30)28-24-26-14-17(25)15-27-24/h4-7,12-15,19H,3,8-11H2,1-2H3,(H,26,27,28)/t19-/m1/s1. The summed E-state index contributed by atoms with van der Waals surface area (Å²) >= 11 is 0. The van der Waals surface area contributed by atoms with Crippen LogP contribution >= 0.6 is 0 Å². The lowest BCUT2D eigenvalue weighted by molar-refractivity contribution is 0.171. The Morgan fingerprint density at radius 1 is 1.12 bits per heavy atom. The SMILES string of the molecule is COCCCOc1cc(C)ccc1[C@H]1CCOc2cc(S(=O)(=O)Nc3ncc(F)cn3)ccc21. The summed E-state index contributed by atoms with van der Waals surface area (Å²) in [7, 11) is -2.33. The van der Waals surface area contributed by atoms with Crippen molar-refractivity contribution in [2.24, 2.45) is 0 Å². The van der Waals surface area contributed by atoms with Crippen LogP contribution in [0, 0.1) is 12.7 Å². The number of hydrogen-bond acceptors (Lipinski definition) is 7. The van der Waals surface area contributed by atoms with E-state index in [1.165, 1.54) is 12.1 Å². The van der Waals surface area contributed by atoms with Crippen molar-refractivity contribution >= 4 is 16.0 Å². The highest BCUT2D eigenvalue weighted by molar-refractivity contribution is 7.92. The Bertz CT molecular complexity index is 1250. The summed E-state index contributed by atoms with van der Waals surface area (Å²) < 4.78 is 57.9. The smallest absolute Gasteiger partial charge is 0.264 e. The fourth-order valence-corrected chi connectivity index (χ4v) is 4.82. The van der Waals surface area contributed by atoms with Crippen molar-refractivity contribution in [1.82, 2.24) is 9.97 Å². The maximum Gasteiger partial charge on any atom is 0.264 e. The molecule has 0 bridgehead atoms. The predicted octanol–water partition coefficient (Wildman–Crippen LogP) is 4.05. The summed E-state index contributed by atoms with van der Waals surface area (Å²) in [6, 6.07) is 10.9. The fraction of sp³-hybridized carbons (Fsp3) is 0.333. The van der Waals surface area contributed by atoms with Crippen LogP contribution in [-0.4, -0.2) is 45.3 Å². The van der Waals surface area contributed by atoms with Crippen molar-refractivity contribution in [3.63, 3.8) is 0 Å². The van der Waals surface area contributed by atoms with Crippen LogP contribution in [-0.2, 0) is 14.8 Å². The number of nitrogens with zero attached hydrogens (tertiary/aromatic N) is 2. The maximum absolute atomic E-state index is 13.0. The maximum atomic E-state index is 13.0. The Morgan fingerprint density at radius 2 is 1.88 bits per heavy atom. The van der Waals surface area contributed by atoms with E-state index in [1.807, 2.05) is 19.1 Å². The highest BCUT2D eigenvalue weighted by Crippen LogP contribution is 2.42. The number of aromatic nitrogens is 2. The van der Waals surface area contributed by atoms with Gasteiger partial charge < -0.3 is 14.2 Å². The van der Waals surface area contributed by atoms with Crippen LogP contribution in [0.25, 0.3) is 0 Å². The molecule has 3 aromatic rings. The molecule has 1 aromatic heterocycles. The molecule has 1 aliphatic heterocycles. The van der Waals surface area contributed by atoms with Crippen molar-refractivity contribution in [1.29, 1.82) is 0 Å². The number of rotatable bonds is 9. The van der Waals surface area contributed by atoms with Crippen LogP contribution in [0.5, 0.6) is 11.5 Å². The minimum atomic E-state index is -3.99. The summed E-state index contributed by atoms with van der Waals surface area (Å²) in [5.74, 6) is 0.417. The number of benzene rings is 2. The quantitative estimate of drug-likeness (QED) is 0.455. The van der Waals surface area contributed by atoms with Gasteiger partial charge in [0.1, 0.15) is 11.5 Å². The summed E-state index contributed by atoms with van der Waals surface area (Å²) in [5, 5.41) is 0. The molecule has 2 aromatic carbocycles. The highest BCUT2D eigenvalue weighted by atomic mass is 32.2. The molecule has 0 aliphatic carbocycles. The molecule has 0 unspecified atom stereocenters. The molecule has 0 amide bonds. The number of aryl methyl sites for hydroxylation is 1. The Balaban J connectivity index is 1.61. The van der Waals surface area contributed by atoms with Crippen LogP contribution in [0.4, 0.5) is 10.3 Å². The molecule has 4 rings (SSSR count). The minimum absolute atomic E-state index is 0.000213. The van der Waals surface area contributed by atoms with Gasteiger partial charge >= 0.3 is 0 Å². The van der Waals surface area contributed by atoms with Crippen molar-refractivity contribution < 1.29 is 27.0 Å². The van der Waals surface area contributed by atoms with Crippen LogP contribution in [0.2, 0.25) is 0 Å². The average Bonchev–Trinajstić information content (AvgIpc) is 2.83. The van der Waals surface area contributed by atoms with Gasteiger partial charge in [-0.1, -0.05) is 18.2 Å². The summed E-state index contributed by atoms with van der Waals surface area (Å²) in [6.07, 6.45) is 3.29. The third-order valence-corrected chi connectivity index (χ3v) is 6.80. The Morgan fingerprint density at radius 3 is 2.65 bits per heavy atom. The van der Waals surface area contributed by atoms with Gasteiger partial charge in [0.25, 0.3) is 10.0 Å². The lowest BCUT2D eigenvalue weighted by atomic mass is 9.86. The molecule has 180 valence electrons. The molecular weight excluding hydrogens is 461 g/mol. The molecule has 1 N–H and O–H groups in total. The van der Waals surface area contributed by atoms with E-state index in [1.54, 1.807) is 13.2 Å². The lowest BCUT2D eigenvalue weighted by Crippen LogP contribution is -2.19. The van der Waals surface area contributed by atoms with Gasteiger partial charge in [-0.15, -0.1) is 0 Å². The van der Waals surface area contributed by atoms with Gasteiger partial charge in [0.15, 0.2) is 5.82 Å². The third-order valence-electron chi connectivity index (χ3n) is 5.48. The summed E-state index contributed by atoms with van der Waals surface area (Å²) in [5.41, 5.74) is 3.00. The Labute approximate surface area is 198 Å². The normalized spacial score (nSPS) is 15.3. The molecule has 0 fully saturated rings. The van der Waals surface area contributed by atoms with Gasteiger partial charge in [-0.05, 0) is 31.0 Å². The first-order valence-corrected chi connectivity index (χ1v) is 12.3. The molecule has 0 saturated carbocycles. The van der Waals surface area contributed by atoms with Gasteiger partial charge in [0.05, 0.1) is 30.5 Å². The predicted molar refractivity (Wildman–Crippen MR) is 124 cm³/mol. The Kier molecular flexibility index (Phi) is 7.28. The molecule has 0 saturated heterocycles. The van der Waals surface area contributed by atoms with E-state index < -0.39 is 15.8 Å². The van der Waals surface area contributed by atoms with E-state index in [4.69, 9.17) is 14.2 Å². The second-order valence-electron chi connectivity index (χ2n) is 7.96. The monoisotopic (exact) mass is 487 g/mol. The third kappa shape index (κ3) is 5.45. The van der Waals surface area contributed by atoms with E-state index in [0.717, 1.165) is 47.7 Å². The van der Waals surface area contributed by atoms with Crippen molar-refractivity contribution in [3.05, 3.63) is 71.3 Å².